The summed E-state index contributed by atoms with van der Waals surface area (Å²) in [6.45, 7) is 3.10. The maximum absolute atomic E-state index is 4.61. The molecule has 2 aliphatic rings. The molecule has 4 heteroatoms. The van der Waals surface area contributed by atoms with Crippen molar-refractivity contribution in [3.63, 3.8) is 0 Å². The quantitative estimate of drug-likeness (QED) is 0.865. The Labute approximate surface area is 109 Å². The number of rotatable bonds is 5. The Morgan fingerprint density at radius 2 is 2.06 bits per heavy atom. The van der Waals surface area contributed by atoms with Crippen LogP contribution in [0.4, 0.5) is 5.82 Å². The van der Waals surface area contributed by atoms with Crippen LogP contribution in [0, 0.1) is 6.92 Å². The van der Waals surface area contributed by atoms with Crippen molar-refractivity contribution in [3.8, 4) is 0 Å². The van der Waals surface area contributed by atoms with E-state index in [9.17, 15) is 0 Å². The summed E-state index contributed by atoms with van der Waals surface area (Å²) in [5.41, 5.74) is 2.56. The van der Waals surface area contributed by atoms with E-state index in [0.717, 1.165) is 18.6 Å². The summed E-state index contributed by atoms with van der Waals surface area (Å²) in [4.78, 5) is 2.44. The van der Waals surface area contributed by atoms with Crippen LogP contribution in [0.3, 0.4) is 0 Å². The molecule has 18 heavy (non-hydrogen) atoms. The van der Waals surface area contributed by atoms with Gasteiger partial charge in [0, 0.05) is 38.3 Å². The molecule has 1 aromatic heterocycles. The lowest BCUT2D eigenvalue weighted by molar-refractivity contribution is 0.395. The van der Waals surface area contributed by atoms with Crippen molar-refractivity contribution >= 4 is 5.82 Å². The summed E-state index contributed by atoms with van der Waals surface area (Å²) < 4.78 is 2.05. The standard InChI is InChI=1S/C14H24N4/c1-10-13(9-15-11-7-8-11)14(18(3)16-10)17(2)12-5-4-6-12/h11-12,15H,4-9H2,1-3H3. The van der Waals surface area contributed by atoms with Gasteiger partial charge in [0.25, 0.3) is 0 Å². The molecular weight excluding hydrogens is 224 g/mol. The van der Waals surface area contributed by atoms with Gasteiger partial charge in [-0.15, -0.1) is 0 Å². The van der Waals surface area contributed by atoms with Crippen molar-refractivity contribution in [2.75, 3.05) is 11.9 Å². The van der Waals surface area contributed by atoms with Crippen LogP contribution in [0.2, 0.25) is 0 Å². The van der Waals surface area contributed by atoms with Gasteiger partial charge in [0.05, 0.1) is 5.69 Å². The molecule has 3 rings (SSSR count). The van der Waals surface area contributed by atoms with E-state index in [1.165, 1.54) is 49.2 Å². The fourth-order valence-electron chi connectivity index (χ4n) is 2.82. The summed E-state index contributed by atoms with van der Waals surface area (Å²) in [5.74, 6) is 1.31. The zero-order valence-corrected chi connectivity index (χ0v) is 11.7. The lowest BCUT2D eigenvalue weighted by atomic mass is 9.91. The van der Waals surface area contributed by atoms with Crippen LogP contribution >= 0.6 is 0 Å². The Morgan fingerprint density at radius 3 is 2.61 bits per heavy atom. The predicted octanol–water partition coefficient (Wildman–Crippen LogP) is 1.97. The van der Waals surface area contributed by atoms with Crippen LogP contribution in [0.25, 0.3) is 0 Å². The Morgan fingerprint density at radius 1 is 1.33 bits per heavy atom. The molecule has 2 fully saturated rings. The second kappa shape index (κ2) is 4.57. The molecule has 0 spiro atoms. The summed E-state index contributed by atoms with van der Waals surface area (Å²) in [7, 11) is 4.29. The molecule has 0 saturated heterocycles. The third-order valence-electron chi connectivity index (χ3n) is 4.41. The van der Waals surface area contributed by atoms with Crippen LogP contribution < -0.4 is 10.2 Å². The fourth-order valence-corrected chi connectivity index (χ4v) is 2.82. The molecular formula is C14H24N4. The first-order valence-corrected chi connectivity index (χ1v) is 7.15. The largest absolute Gasteiger partial charge is 0.357 e. The molecule has 100 valence electrons. The Balaban J connectivity index is 1.80. The van der Waals surface area contributed by atoms with Crippen molar-refractivity contribution in [1.29, 1.82) is 0 Å². The Bertz CT molecular complexity index is 429. The maximum Gasteiger partial charge on any atom is 0.131 e. The molecule has 0 amide bonds. The second-order valence-corrected chi connectivity index (χ2v) is 5.86. The molecule has 2 saturated carbocycles. The molecule has 0 bridgehead atoms. The molecule has 0 unspecified atom stereocenters. The average Bonchev–Trinajstić information content (AvgIpc) is 3.00. The molecule has 2 aliphatic carbocycles. The highest BCUT2D eigenvalue weighted by atomic mass is 15.4. The van der Waals surface area contributed by atoms with Gasteiger partial charge in [0.1, 0.15) is 5.82 Å². The molecule has 0 aliphatic heterocycles. The van der Waals surface area contributed by atoms with E-state index >= 15 is 0 Å². The zero-order chi connectivity index (χ0) is 12.7. The van der Waals surface area contributed by atoms with E-state index in [1.807, 2.05) is 0 Å². The lowest BCUT2D eigenvalue weighted by Gasteiger charge is -2.36. The fraction of sp³-hybridized carbons (Fsp3) is 0.786. The highest BCUT2D eigenvalue weighted by molar-refractivity contribution is 5.50. The third-order valence-corrected chi connectivity index (χ3v) is 4.41. The van der Waals surface area contributed by atoms with Crippen molar-refractivity contribution in [1.82, 2.24) is 15.1 Å². The normalized spacial score (nSPS) is 19.9. The summed E-state index contributed by atoms with van der Waals surface area (Å²) in [6, 6.07) is 1.48. The van der Waals surface area contributed by atoms with Crippen LogP contribution in [-0.4, -0.2) is 28.9 Å². The molecule has 1 aromatic rings. The number of hydrogen-bond acceptors (Lipinski definition) is 3. The minimum absolute atomic E-state index is 0.722. The first kappa shape index (κ1) is 12.0. The van der Waals surface area contributed by atoms with Crippen molar-refractivity contribution < 1.29 is 0 Å². The first-order valence-electron chi connectivity index (χ1n) is 7.15. The van der Waals surface area contributed by atoms with Gasteiger partial charge in [-0.05, 0) is 39.0 Å². The number of aryl methyl sites for hydroxylation is 2. The topological polar surface area (TPSA) is 33.1 Å². The van der Waals surface area contributed by atoms with E-state index in [-0.39, 0.29) is 0 Å². The SMILES string of the molecule is Cc1nn(C)c(N(C)C2CCC2)c1CNC1CC1. The van der Waals surface area contributed by atoms with Gasteiger partial charge in [0.2, 0.25) is 0 Å². The highest BCUT2D eigenvalue weighted by Crippen LogP contribution is 2.31. The second-order valence-electron chi connectivity index (χ2n) is 5.86. The minimum Gasteiger partial charge on any atom is -0.357 e. The van der Waals surface area contributed by atoms with E-state index in [1.54, 1.807) is 0 Å². The average molecular weight is 248 g/mol. The zero-order valence-electron chi connectivity index (χ0n) is 11.7. The molecule has 0 aromatic carbocycles. The molecule has 4 nitrogen and oxygen atoms in total. The number of hydrogen-bond donors (Lipinski definition) is 1. The molecule has 1 N–H and O–H groups in total. The molecule has 0 atom stereocenters. The van der Waals surface area contributed by atoms with Crippen LogP contribution in [0.5, 0.6) is 0 Å². The van der Waals surface area contributed by atoms with Gasteiger partial charge in [-0.3, -0.25) is 4.68 Å². The summed E-state index contributed by atoms with van der Waals surface area (Å²) in [6.07, 6.45) is 6.72. The highest BCUT2D eigenvalue weighted by Gasteiger charge is 2.28. The van der Waals surface area contributed by atoms with E-state index in [2.05, 4.69) is 41.0 Å². The third kappa shape index (κ3) is 2.14. The van der Waals surface area contributed by atoms with E-state index in [4.69, 9.17) is 0 Å². The van der Waals surface area contributed by atoms with Gasteiger partial charge in [-0.25, -0.2) is 0 Å². The monoisotopic (exact) mass is 248 g/mol. The minimum atomic E-state index is 0.722. The number of aromatic nitrogens is 2. The van der Waals surface area contributed by atoms with Crippen molar-refractivity contribution in [2.45, 2.75) is 57.7 Å². The van der Waals surface area contributed by atoms with Gasteiger partial charge < -0.3 is 10.2 Å². The summed E-state index contributed by atoms with van der Waals surface area (Å²) in [5, 5.41) is 8.22. The van der Waals surface area contributed by atoms with Crippen LogP contribution in [0.1, 0.15) is 43.4 Å². The maximum atomic E-state index is 4.61. The van der Waals surface area contributed by atoms with E-state index < -0.39 is 0 Å². The van der Waals surface area contributed by atoms with Gasteiger partial charge in [-0.1, -0.05) is 0 Å². The van der Waals surface area contributed by atoms with Gasteiger partial charge in [0.15, 0.2) is 0 Å². The number of nitrogens with one attached hydrogen (secondary N) is 1. The van der Waals surface area contributed by atoms with Gasteiger partial charge in [-0.2, -0.15) is 5.10 Å². The van der Waals surface area contributed by atoms with Crippen LogP contribution in [0.15, 0.2) is 0 Å². The first-order chi connectivity index (χ1) is 8.66. The molecule has 1 heterocycles. The van der Waals surface area contributed by atoms with E-state index in [0.29, 0.717) is 0 Å². The Hall–Kier alpha value is -1.03. The number of anilines is 1. The lowest BCUT2D eigenvalue weighted by Crippen LogP contribution is -2.39. The molecule has 0 radical (unpaired) electrons. The summed E-state index contributed by atoms with van der Waals surface area (Å²) >= 11 is 0. The van der Waals surface area contributed by atoms with Gasteiger partial charge >= 0.3 is 0 Å². The van der Waals surface area contributed by atoms with Crippen molar-refractivity contribution in [2.24, 2.45) is 7.05 Å². The predicted molar refractivity (Wildman–Crippen MR) is 73.8 cm³/mol. The number of nitrogens with zero attached hydrogens (tertiary/aromatic N) is 3. The Kier molecular flexibility index (Phi) is 3.06. The smallest absolute Gasteiger partial charge is 0.131 e. The van der Waals surface area contributed by atoms with Crippen molar-refractivity contribution in [3.05, 3.63) is 11.3 Å². The van der Waals surface area contributed by atoms with Crippen LogP contribution in [-0.2, 0) is 13.6 Å².